The largest absolute Gasteiger partial charge is 0.480 e. The summed E-state index contributed by atoms with van der Waals surface area (Å²) in [6.07, 6.45) is 0.944. The van der Waals surface area contributed by atoms with Crippen LogP contribution < -0.4 is 5.32 Å². The third-order valence-corrected chi connectivity index (χ3v) is 3.49. The summed E-state index contributed by atoms with van der Waals surface area (Å²) in [5.41, 5.74) is 0. The van der Waals surface area contributed by atoms with E-state index in [2.05, 4.69) is 5.32 Å². The Labute approximate surface area is 124 Å². The predicted molar refractivity (Wildman–Crippen MR) is 79.1 cm³/mol. The van der Waals surface area contributed by atoms with Crippen molar-refractivity contribution in [2.45, 2.75) is 39.3 Å². The number of rotatable bonds is 12. The lowest BCUT2D eigenvalue weighted by Crippen LogP contribution is -2.41. The first-order valence-corrected chi connectivity index (χ1v) is 7.89. The maximum atomic E-state index is 10.9. The van der Waals surface area contributed by atoms with Crippen LogP contribution in [0.15, 0.2) is 0 Å². The summed E-state index contributed by atoms with van der Waals surface area (Å²) in [5, 5.41) is 11.3. The number of aliphatic carboxylic acids is 1. The molecular weight excluding hydrogens is 282 g/mol. The fraction of sp³-hybridized carbons (Fsp3) is 0.846. The number of carboxylic acids is 1. The summed E-state index contributed by atoms with van der Waals surface area (Å²) in [5.74, 6) is -0.169. The zero-order valence-corrected chi connectivity index (χ0v) is 13.2. The minimum absolute atomic E-state index is 0.101. The Morgan fingerprint density at radius 3 is 2.65 bits per heavy atom. The van der Waals surface area contributed by atoms with Crippen molar-refractivity contribution in [1.29, 1.82) is 0 Å². The number of carbonyl (C=O) groups excluding carboxylic acids is 1. The minimum atomic E-state index is -1.01. The molecule has 0 aromatic rings. The Balaban J connectivity index is 3.54. The van der Waals surface area contributed by atoms with Crippen LogP contribution in [0.3, 0.4) is 0 Å². The molecule has 0 aliphatic carbocycles. The normalized spacial score (nSPS) is 13.8. The van der Waals surface area contributed by atoms with Gasteiger partial charge in [-0.15, -0.1) is 0 Å². The molecule has 0 aromatic heterocycles. The molecule has 2 atom stereocenters. The fourth-order valence-corrected chi connectivity index (χ4v) is 2.42. The van der Waals surface area contributed by atoms with E-state index >= 15 is 0 Å². The molecule has 2 unspecified atom stereocenters. The Hall–Kier alpha value is -0.790. The zero-order chi connectivity index (χ0) is 15.4. The van der Waals surface area contributed by atoms with Gasteiger partial charge in [0.2, 0.25) is 5.91 Å². The van der Waals surface area contributed by atoms with E-state index < -0.39 is 12.0 Å². The van der Waals surface area contributed by atoms with E-state index in [0.717, 1.165) is 12.2 Å². The number of amides is 1. The molecular formula is C13H25NO5S. The van der Waals surface area contributed by atoms with Gasteiger partial charge in [0.1, 0.15) is 6.04 Å². The Morgan fingerprint density at radius 1 is 1.40 bits per heavy atom. The second kappa shape index (κ2) is 12.0. The maximum Gasteiger partial charge on any atom is 0.327 e. The van der Waals surface area contributed by atoms with Gasteiger partial charge in [0, 0.05) is 25.9 Å². The molecule has 2 N–H and O–H groups in total. The second-order valence-electron chi connectivity index (χ2n) is 4.36. The number of hydrogen-bond donors (Lipinski definition) is 2. The van der Waals surface area contributed by atoms with Crippen LogP contribution in [0.1, 0.15) is 27.2 Å². The lowest BCUT2D eigenvalue weighted by Gasteiger charge is -2.13. The van der Waals surface area contributed by atoms with Gasteiger partial charge < -0.3 is 19.9 Å². The van der Waals surface area contributed by atoms with Crippen molar-refractivity contribution in [2.24, 2.45) is 0 Å². The lowest BCUT2D eigenvalue weighted by atomic mass is 10.3. The average molecular weight is 307 g/mol. The first-order chi connectivity index (χ1) is 9.47. The summed E-state index contributed by atoms with van der Waals surface area (Å²) in [7, 11) is 0. The summed E-state index contributed by atoms with van der Waals surface area (Å²) in [4.78, 5) is 21.7. The molecule has 0 rings (SSSR count). The van der Waals surface area contributed by atoms with E-state index in [0.29, 0.717) is 25.6 Å². The van der Waals surface area contributed by atoms with Crippen molar-refractivity contribution in [2.75, 3.05) is 31.3 Å². The Morgan fingerprint density at radius 2 is 2.10 bits per heavy atom. The number of ether oxygens (including phenoxy) is 2. The maximum absolute atomic E-state index is 10.9. The van der Waals surface area contributed by atoms with E-state index in [9.17, 15) is 9.59 Å². The first kappa shape index (κ1) is 19.2. The Bertz CT molecular complexity index is 288. The van der Waals surface area contributed by atoms with Gasteiger partial charge in [0.25, 0.3) is 0 Å². The van der Waals surface area contributed by atoms with Crippen molar-refractivity contribution in [3.05, 3.63) is 0 Å². The molecule has 20 heavy (non-hydrogen) atoms. The highest BCUT2D eigenvalue weighted by molar-refractivity contribution is 7.99. The van der Waals surface area contributed by atoms with Crippen LogP contribution in [0.5, 0.6) is 0 Å². The fourth-order valence-electron chi connectivity index (χ4n) is 1.47. The summed E-state index contributed by atoms with van der Waals surface area (Å²) in [6.45, 7) is 7.10. The van der Waals surface area contributed by atoms with Crippen LogP contribution in [0, 0.1) is 0 Å². The molecule has 0 saturated carbocycles. The lowest BCUT2D eigenvalue weighted by molar-refractivity contribution is -0.140. The molecule has 0 heterocycles. The number of nitrogens with one attached hydrogen (secondary N) is 1. The van der Waals surface area contributed by atoms with Crippen LogP contribution in [0.2, 0.25) is 0 Å². The molecule has 1 amide bonds. The molecule has 6 nitrogen and oxygen atoms in total. The second-order valence-corrected chi connectivity index (χ2v) is 5.51. The highest BCUT2D eigenvalue weighted by Gasteiger charge is 2.17. The van der Waals surface area contributed by atoms with Crippen LogP contribution in [0.25, 0.3) is 0 Å². The zero-order valence-electron chi connectivity index (χ0n) is 12.4. The summed E-state index contributed by atoms with van der Waals surface area (Å²) < 4.78 is 10.8. The van der Waals surface area contributed by atoms with Crippen LogP contribution in [-0.4, -0.2) is 60.5 Å². The third kappa shape index (κ3) is 11.1. The average Bonchev–Trinajstić information content (AvgIpc) is 2.35. The SMILES string of the molecule is CCOC(C)COCCCSCC(NC(C)=O)C(=O)O. The van der Waals surface area contributed by atoms with Gasteiger partial charge in [-0.3, -0.25) is 4.79 Å². The number of hydrogen-bond acceptors (Lipinski definition) is 5. The smallest absolute Gasteiger partial charge is 0.327 e. The molecule has 0 aliphatic heterocycles. The van der Waals surface area contributed by atoms with Crippen LogP contribution >= 0.6 is 11.8 Å². The number of carboxylic acid groups (broad SMARTS) is 1. The summed E-state index contributed by atoms with van der Waals surface area (Å²) >= 11 is 1.49. The van der Waals surface area contributed by atoms with Gasteiger partial charge in [-0.1, -0.05) is 0 Å². The highest BCUT2D eigenvalue weighted by atomic mass is 32.2. The molecule has 0 saturated heterocycles. The minimum Gasteiger partial charge on any atom is -0.480 e. The summed E-state index contributed by atoms with van der Waals surface area (Å²) in [6, 6.07) is -0.823. The van der Waals surface area contributed by atoms with Gasteiger partial charge in [-0.05, 0) is 26.0 Å². The third-order valence-electron chi connectivity index (χ3n) is 2.34. The quantitative estimate of drug-likeness (QED) is 0.526. The number of carbonyl (C=O) groups is 2. The van der Waals surface area contributed by atoms with Gasteiger partial charge in [-0.2, -0.15) is 11.8 Å². The van der Waals surface area contributed by atoms with E-state index in [1.165, 1.54) is 18.7 Å². The van der Waals surface area contributed by atoms with Crippen molar-refractivity contribution in [1.82, 2.24) is 5.32 Å². The Kier molecular flexibility index (Phi) is 11.5. The molecule has 0 fully saturated rings. The van der Waals surface area contributed by atoms with E-state index in [1.54, 1.807) is 0 Å². The number of thioether (sulfide) groups is 1. The van der Waals surface area contributed by atoms with Gasteiger partial charge in [-0.25, -0.2) is 4.79 Å². The molecule has 0 radical (unpaired) electrons. The van der Waals surface area contributed by atoms with Gasteiger partial charge in [0.05, 0.1) is 12.7 Å². The van der Waals surface area contributed by atoms with Crippen molar-refractivity contribution in [3.8, 4) is 0 Å². The van der Waals surface area contributed by atoms with Crippen molar-refractivity contribution in [3.63, 3.8) is 0 Å². The van der Waals surface area contributed by atoms with Gasteiger partial charge >= 0.3 is 5.97 Å². The van der Waals surface area contributed by atoms with Gasteiger partial charge in [0.15, 0.2) is 0 Å². The molecule has 0 bridgehead atoms. The molecule has 0 aliphatic rings. The van der Waals surface area contributed by atoms with E-state index in [4.69, 9.17) is 14.6 Å². The highest BCUT2D eigenvalue weighted by Crippen LogP contribution is 2.06. The van der Waals surface area contributed by atoms with Crippen LogP contribution in [-0.2, 0) is 19.1 Å². The van der Waals surface area contributed by atoms with Crippen molar-refractivity contribution >= 4 is 23.6 Å². The van der Waals surface area contributed by atoms with E-state index in [1.807, 2.05) is 13.8 Å². The molecule has 0 spiro atoms. The standard InChI is InChI=1S/C13H25NO5S/c1-4-19-10(2)8-18-6-5-7-20-9-12(13(16)17)14-11(3)15/h10,12H,4-9H2,1-3H3,(H,14,15)(H,16,17). The predicted octanol–water partition coefficient (Wildman–Crippen LogP) is 1.14. The molecule has 118 valence electrons. The van der Waals surface area contributed by atoms with Crippen LogP contribution in [0.4, 0.5) is 0 Å². The molecule has 0 aromatic carbocycles. The topological polar surface area (TPSA) is 84.9 Å². The monoisotopic (exact) mass is 307 g/mol. The molecule has 7 heteroatoms. The van der Waals surface area contributed by atoms with E-state index in [-0.39, 0.29) is 12.0 Å². The first-order valence-electron chi connectivity index (χ1n) is 6.74. The van der Waals surface area contributed by atoms with Crippen molar-refractivity contribution < 1.29 is 24.2 Å².